The van der Waals surface area contributed by atoms with Crippen molar-refractivity contribution in [3.8, 4) is 11.8 Å². The van der Waals surface area contributed by atoms with E-state index < -0.39 is 10.0 Å². The van der Waals surface area contributed by atoms with Gasteiger partial charge in [-0.25, -0.2) is 13.1 Å². The average Bonchev–Trinajstić information content (AvgIpc) is 2.45. The van der Waals surface area contributed by atoms with E-state index in [4.69, 9.17) is 5.73 Å². The molecule has 0 aromatic heterocycles. The number of nitrogens with two attached hydrogens (primary N) is 1. The van der Waals surface area contributed by atoms with E-state index in [-0.39, 0.29) is 11.4 Å². The molecule has 0 aliphatic carbocycles. The van der Waals surface area contributed by atoms with Gasteiger partial charge in [0, 0.05) is 17.4 Å². The lowest BCUT2D eigenvalue weighted by molar-refractivity contribution is 0.578. The van der Waals surface area contributed by atoms with Gasteiger partial charge in [-0.1, -0.05) is 24.8 Å². The summed E-state index contributed by atoms with van der Waals surface area (Å²) < 4.78 is 27.4. The Labute approximate surface area is 131 Å². The summed E-state index contributed by atoms with van der Waals surface area (Å²) in [6.45, 7) is 4.54. The van der Waals surface area contributed by atoms with Crippen molar-refractivity contribution < 1.29 is 8.42 Å². The molecular weight excluding hydrogens is 304 g/mol. The summed E-state index contributed by atoms with van der Waals surface area (Å²) in [4.78, 5) is 0.281. The van der Waals surface area contributed by atoms with Gasteiger partial charge in [0.15, 0.2) is 0 Å². The highest BCUT2D eigenvalue weighted by Gasteiger charge is 2.17. The fourth-order valence-corrected chi connectivity index (χ4v) is 3.38. The topological polar surface area (TPSA) is 72.2 Å². The summed E-state index contributed by atoms with van der Waals surface area (Å²) in [5.41, 5.74) is 6.69. The summed E-state index contributed by atoms with van der Waals surface area (Å²) in [6, 6.07) is 5.16. The summed E-state index contributed by atoms with van der Waals surface area (Å²) in [5.74, 6) is 5.59. The summed E-state index contributed by atoms with van der Waals surface area (Å²) >= 11 is 1.72. The van der Waals surface area contributed by atoms with E-state index in [0.29, 0.717) is 22.9 Å². The van der Waals surface area contributed by atoms with E-state index in [2.05, 4.69) is 23.5 Å². The fourth-order valence-electron chi connectivity index (χ4n) is 1.71. The normalized spacial score (nSPS) is 12.6. The van der Waals surface area contributed by atoms with E-state index in [1.165, 1.54) is 0 Å². The second-order valence-corrected chi connectivity index (χ2v) is 7.73. The van der Waals surface area contributed by atoms with Crippen LogP contribution in [0.2, 0.25) is 0 Å². The van der Waals surface area contributed by atoms with Crippen LogP contribution in [0.3, 0.4) is 0 Å². The van der Waals surface area contributed by atoms with Gasteiger partial charge >= 0.3 is 0 Å². The van der Waals surface area contributed by atoms with Gasteiger partial charge in [0.25, 0.3) is 0 Å². The predicted molar refractivity (Wildman–Crippen MR) is 89.9 cm³/mol. The first-order valence-corrected chi connectivity index (χ1v) is 9.50. The molecule has 0 saturated carbocycles. The van der Waals surface area contributed by atoms with Crippen LogP contribution in [-0.4, -0.2) is 33.0 Å². The van der Waals surface area contributed by atoms with Crippen LogP contribution in [-0.2, 0) is 10.0 Å². The van der Waals surface area contributed by atoms with Crippen LogP contribution in [0.5, 0.6) is 0 Å². The number of benzene rings is 1. The van der Waals surface area contributed by atoms with Gasteiger partial charge in [-0.05, 0) is 37.3 Å². The summed E-state index contributed by atoms with van der Waals surface area (Å²) in [6.07, 6.45) is 2.81. The lowest BCUT2D eigenvalue weighted by Crippen LogP contribution is -2.27. The van der Waals surface area contributed by atoms with Gasteiger partial charge in [0.2, 0.25) is 10.0 Å². The fraction of sp³-hybridized carbons (Fsp3) is 0.467. The number of aryl methyl sites for hydroxylation is 1. The molecule has 0 fully saturated rings. The van der Waals surface area contributed by atoms with E-state index in [0.717, 1.165) is 6.42 Å². The van der Waals surface area contributed by atoms with Crippen molar-refractivity contribution in [1.82, 2.24) is 4.72 Å². The summed E-state index contributed by atoms with van der Waals surface area (Å²) in [7, 11) is -3.50. The van der Waals surface area contributed by atoms with E-state index in [1.54, 1.807) is 36.9 Å². The van der Waals surface area contributed by atoms with Crippen molar-refractivity contribution in [2.45, 2.75) is 30.4 Å². The van der Waals surface area contributed by atoms with Crippen LogP contribution in [0.1, 0.15) is 24.5 Å². The second-order valence-electron chi connectivity index (χ2n) is 4.72. The maximum absolute atomic E-state index is 12.4. The molecule has 1 aromatic rings. The molecule has 1 atom stereocenters. The number of hydrogen-bond donors (Lipinski definition) is 2. The van der Waals surface area contributed by atoms with Crippen LogP contribution < -0.4 is 10.5 Å². The molecule has 21 heavy (non-hydrogen) atoms. The molecule has 0 bridgehead atoms. The van der Waals surface area contributed by atoms with Crippen LogP contribution >= 0.6 is 11.8 Å². The zero-order valence-electron chi connectivity index (χ0n) is 12.6. The maximum atomic E-state index is 12.4. The molecule has 116 valence electrons. The highest BCUT2D eigenvalue weighted by atomic mass is 32.2. The first-order valence-electron chi connectivity index (χ1n) is 6.72. The molecule has 4 nitrogen and oxygen atoms in total. The zero-order valence-corrected chi connectivity index (χ0v) is 14.3. The van der Waals surface area contributed by atoms with Crippen molar-refractivity contribution in [2.24, 2.45) is 5.73 Å². The Kier molecular flexibility index (Phi) is 7.26. The van der Waals surface area contributed by atoms with Crippen molar-refractivity contribution in [3.63, 3.8) is 0 Å². The van der Waals surface area contributed by atoms with Crippen molar-refractivity contribution in [3.05, 3.63) is 29.3 Å². The number of nitrogens with one attached hydrogen (secondary N) is 1. The molecule has 0 heterocycles. The third-order valence-corrected chi connectivity index (χ3v) is 5.70. The van der Waals surface area contributed by atoms with Crippen LogP contribution in [0.4, 0.5) is 0 Å². The first-order chi connectivity index (χ1) is 9.90. The maximum Gasteiger partial charge on any atom is 0.240 e. The standard InChI is InChI=1S/C15H22N2O2S2/c1-12-6-7-14(5-4-9-16)11-15(12)21(18,19)17-10-8-13(2)20-3/h6-7,11,13,17H,8-10,16H2,1-3H3. The third kappa shape index (κ3) is 5.71. The molecule has 6 heteroatoms. The summed E-state index contributed by atoms with van der Waals surface area (Å²) in [5, 5.41) is 0.426. The van der Waals surface area contributed by atoms with E-state index in [1.807, 2.05) is 6.26 Å². The third-order valence-electron chi connectivity index (χ3n) is 3.06. The smallest absolute Gasteiger partial charge is 0.240 e. The van der Waals surface area contributed by atoms with Gasteiger partial charge in [0.05, 0.1) is 11.4 Å². The largest absolute Gasteiger partial charge is 0.320 e. The molecular formula is C15H22N2O2S2. The lowest BCUT2D eigenvalue weighted by atomic mass is 10.1. The monoisotopic (exact) mass is 326 g/mol. The SMILES string of the molecule is CSC(C)CCNS(=O)(=O)c1cc(C#CCN)ccc1C. The molecule has 1 aromatic carbocycles. The van der Waals surface area contributed by atoms with Crippen LogP contribution in [0.25, 0.3) is 0 Å². The Morgan fingerprint density at radius 3 is 2.76 bits per heavy atom. The molecule has 1 unspecified atom stereocenters. The molecule has 0 saturated heterocycles. The Morgan fingerprint density at radius 2 is 2.14 bits per heavy atom. The molecule has 0 spiro atoms. The van der Waals surface area contributed by atoms with Gasteiger partial charge < -0.3 is 5.73 Å². The highest BCUT2D eigenvalue weighted by Crippen LogP contribution is 2.17. The minimum absolute atomic E-state index is 0.251. The van der Waals surface area contributed by atoms with Crippen molar-refractivity contribution >= 4 is 21.8 Å². The van der Waals surface area contributed by atoms with E-state index in [9.17, 15) is 8.42 Å². The van der Waals surface area contributed by atoms with Gasteiger partial charge in [-0.3, -0.25) is 0 Å². The van der Waals surface area contributed by atoms with Gasteiger partial charge in [-0.2, -0.15) is 11.8 Å². The zero-order chi connectivity index (χ0) is 15.9. The number of sulfonamides is 1. The van der Waals surface area contributed by atoms with Crippen molar-refractivity contribution in [2.75, 3.05) is 19.3 Å². The Bertz CT molecular complexity index is 631. The van der Waals surface area contributed by atoms with Crippen LogP contribution in [0.15, 0.2) is 23.1 Å². The first kappa shape index (κ1) is 18.1. The molecule has 0 aliphatic heterocycles. The minimum atomic E-state index is -3.50. The van der Waals surface area contributed by atoms with Gasteiger partial charge in [0.1, 0.15) is 0 Å². The van der Waals surface area contributed by atoms with Crippen molar-refractivity contribution in [1.29, 1.82) is 0 Å². The quantitative estimate of drug-likeness (QED) is 0.781. The molecule has 1 rings (SSSR count). The number of thioether (sulfide) groups is 1. The lowest BCUT2D eigenvalue weighted by Gasteiger charge is -2.11. The predicted octanol–water partition coefficient (Wildman–Crippen LogP) is 1.73. The highest BCUT2D eigenvalue weighted by molar-refractivity contribution is 7.99. The van der Waals surface area contributed by atoms with Crippen LogP contribution in [0, 0.1) is 18.8 Å². The average molecular weight is 326 g/mol. The van der Waals surface area contributed by atoms with E-state index >= 15 is 0 Å². The number of rotatable bonds is 6. The molecule has 0 radical (unpaired) electrons. The minimum Gasteiger partial charge on any atom is -0.320 e. The molecule has 0 amide bonds. The molecule has 0 aliphatic rings. The Morgan fingerprint density at radius 1 is 1.43 bits per heavy atom. The number of hydrogen-bond acceptors (Lipinski definition) is 4. The van der Waals surface area contributed by atoms with Gasteiger partial charge in [-0.15, -0.1) is 0 Å². The Hall–Kier alpha value is -1.00. The second kappa shape index (κ2) is 8.44. The molecule has 3 N–H and O–H groups in total. The Balaban J connectivity index is 2.91.